The van der Waals surface area contributed by atoms with Gasteiger partial charge in [0.15, 0.2) is 5.56 Å². The molecule has 426 valence electrons. The first kappa shape index (κ1) is 64.1. The van der Waals surface area contributed by atoms with Gasteiger partial charge in [0.05, 0.1) is 35.6 Å². The third-order valence-electron chi connectivity index (χ3n) is 11.2. The number of nitrogens with one attached hydrogen (secondary N) is 3. The smallest absolute Gasteiger partial charge is 0.416 e. The molecule has 3 amide bonds. The zero-order valence-corrected chi connectivity index (χ0v) is 46.8. The molecule has 2 aromatic heterocycles. The van der Waals surface area contributed by atoms with Crippen LogP contribution >= 0.6 is 11.8 Å². The van der Waals surface area contributed by atoms with Crippen molar-refractivity contribution < 1.29 is 59.7 Å². The summed E-state index contributed by atoms with van der Waals surface area (Å²) in [5.74, 6) is -0.389. The Bertz CT molecular complexity index is 2930. The Balaban J connectivity index is 0.000000256. The van der Waals surface area contributed by atoms with Crippen LogP contribution in [-0.2, 0) is 18.8 Å². The highest BCUT2D eigenvalue weighted by atomic mass is 32.2. The number of ether oxygens (including phenoxy) is 4. The summed E-state index contributed by atoms with van der Waals surface area (Å²) in [4.78, 5) is 55.2. The largest absolute Gasteiger partial charge is 0.493 e. The molecule has 4 aromatic carbocycles. The monoisotopic (exact) mass is 1120 g/mol. The number of halogens is 6. The van der Waals surface area contributed by atoms with Crippen LogP contribution in [0.2, 0.25) is 0 Å². The van der Waals surface area contributed by atoms with Gasteiger partial charge in [-0.3, -0.25) is 19.4 Å². The Labute approximate surface area is 461 Å². The van der Waals surface area contributed by atoms with E-state index in [4.69, 9.17) is 18.9 Å². The molecule has 0 saturated heterocycles. The number of rotatable bonds is 22. The van der Waals surface area contributed by atoms with Crippen LogP contribution < -0.4 is 34.9 Å². The fraction of sp³-hybridized carbons (Fsp3) is 0.368. The molecule has 6 aromatic rings. The summed E-state index contributed by atoms with van der Waals surface area (Å²) in [5, 5.41) is 7.93. The molecule has 0 bridgehead atoms. The van der Waals surface area contributed by atoms with Crippen LogP contribution in [0.4, 0.5) is 43.4 Å². The van der Waals surface area contributed by atoms with E-state index >= 15 is 0 Å². The molecule has 22 heteroatoms. The van der Waals surface area contributed by atoms with E-state index in [0.29, 0.717) is 54.5 Å². The average molecular weight is 1120 g/mol. The SMILES string of the molecule is CCCCc1nccc(SC)c1C(=O)Nc1ccc(C)c(C(F)(F)F)c1.CCOc1cccc(OCCN(C)C)c1C(=O)Nc1ccccc1.CCOc1ncnc(OCCN(C)C)c1C(=O)Nc1ccc(C)c(C(F)(F)F)c1. The molecular weight excluding hydrogens is 1050 g/mol. The number of benzene rings is 4. The highest BCUT2D eigenvalue weighted by Gasteiger charge is 2.34. The van der Waals surface area contributed by atoms with Crippen molar-refractivity contribution in [2.75, 3.05) is 89.9 Å². The van der Waals surface area contributed by atoms with Crippen molar-refractivity contribution in [3.63, 3.8) is 0 Å². The van der Waals surface area contributed by atoms with Crippen molar-refractivity contribution >= 4 is 46.5 Å². The Morgan fingerprint density at radius 3 is 1.57 bits per heavy atom. The van der Waals surface area contributed by atoms with Crippen molar-refractivity contribution in [1.29, 1.82) is 0 Å². The number of aromatic nitrogens is 3. The predicted molar refractivity (Wildman–Crippen MR) is 296 cm³/mol. The zero-order chi connectivity index (χ0) is 58.3. The number of hydrogen-bond donors (Lipinski definition) is 3. The summed E-state index contributed by atoms with van der Waals surface area (Å²) in [6.07, 6.45) is -1.80. The Kier molecular flexibility index (Phi) is 25.3. The molecule has 0 aliphatic heterocycles. The lowest BCUT2D eigenvalue weighted by Gasteiger charge is -2.17. The molecule has 0 unspecified atom stereocenters. The molecule has 6 rings (SSSR count). The van der Waals surface area contributed by atoms with E-state index in [1.165, 1.54) is 56.2 Å². The van der Waals surface area contributed by atoms with Gasteiger partial charge in [-0.25, -0.2) is 9.97 Å². The molecule has 15 nitrogen and oxygen atoms in total. The van der Waals surface area contributed by atoms with E-state index in [2.05, 4.69) is 30.9 Å². The van der Waals surface area contributed by atoms with Gasteiger partial charge in [-0.05, 0) is 141 Å². The van der Waals surface area contributed by atoms with Crippen molar-refractivity contribution in [3.8, 4) is 23.3 Å². The number of carbonyl (C=O) groups excluding carboxylic acids is 3. The summed E-state index contributed by atoms with van der Waals surface area (Å²) in [6.45, 7) is 11.2. The van der Waals surface area contributed by atoms with Crippen LogP contribution in [0.25, 0.3) is 0 Å². The van der Waals surface area contributed by atoms with Crippen LogP contribution in [0.5, 0.6) is 23.3 Å². The standard InChI is InChI=1S/C19H23F3N4O3.C19H21F3N2OS.C19H24N2O3/c1-5-28-17-15(18(24-11-23-17)29-9-8-26(3)4)16(27)25-13-7-6-12(2)14(10-13)19(20,21)22;1-4-5-6-15-17(16(26-3)9-10-23-15)18(25)24-13-8-7-12(2)14(11-13)19(20,21)22;1-4-23-16-11-8-12-17(24-14-13-21(2)3)18(16)19(22)20-15-9-6-5-7-10-15/h6-7,10-11H,5,8-9H2,1-4H3,(H,25,27);7-11H,4-6H2,1-3H3,(H,24,25);5-12H,4,13-14H2,1-3H3,(H,20,22). The molecule has 0 spiro atoms. The van der Waals surface area contributed by atoms with Gasteiger partial charge in [0.2, 0.25) is 11.8 Å². The molecule has 79 heavy (non-hydrogen) atoms. The molecule has 2 heterocycles. The molecular formula is C57H68F6N8O7S. The van der Waals surface area contributed by atoms with Gasteiger partial charge in [0, 0.05) is 41.2 Å². The van der Waals surface area contributed by atoms with Crippen LogP contribution in [0.15, 0.2) is 108 Å². The summed E-state index contributed by atoms with van der Waals surface area (Å²) in [6, 6.07) is 23.8. The van der Waals surface area contributed by atoms with E-state index in [1.54, 1.807) is 31.3 Å². The van der Waals surface area contributed by atoms with E-state index in [0.717, 1.165) is 42.1 Å². The number of amides is 3. The highest BCUT2D eigenvalue weighted by Crippen LogP contribution is 2.36. The van der Waals surface area contributed by atoms with Gasteiger partial charge < -0.3 is 44.7 Å². The Hall–Kier alpha value is -7.43. The molecule has 0 radical (unpaired) electrons. The Morgan fingerprint density at radius 1 is 0.570 bits per heavy atom. The number of para-hydroxylation sites is 1. The first-order valence-corrected chi connectivity index (χ1v) is 26.4. The van der Waals surface area contributed by atoms with Gasteiger partial charge in [0.25, 0.3) is 17.7 Å². The summed E-state index contributed by atoms with van der Waals surface area (Å²) < 4.78 is 101. The molecule has 3 N–H and O–H groups in total. The molecule has 0 saturated carbocycles. The van der Waals surface area contributed by atoms with Gasteiger partial charge in [-0.1, -0.05) is 49.7 Å². The first-order chi connectivity index (χ1) is 37.5. The van der Waals surface area contributed by atoms with Crippen molar-refractivity contribution in [1.82, 2.24) is 24.8 Å². The van der Waals surface area contributed by atoms with E-state index in [-0.39, 0.29) is 58.9 Å². The second kappa shape index (κ2) is 31.2. The quantitative estimate of drug-likeness (QED) is 0.0434. The maximum Gasteiger partial charge on any atom is 0.416 e. The van der Waals surface area contributed by atoms with Gasteiger partial charge in [0.1, 0.15) is 36.6 Å². The van der Waals surface area contributed by atoms with Crippen LogP contribution in [0.1, 0.15) is 92.6 Å². The minimum atomic E-state index is -4.53. The van der Waals surface area contributed by atoms with E-state index in [9.17, 15) is 40.7 Å². The number of unbranched alkanes of at least 4 members (excludes halogenated alkanes) is 1. The van der Waals surface area contributed by atoms with Gasteiger partial charge in [-0.2, -0.15) is 26.3 Å². The second-order valence-electron chi connectivity index (χ2n) is 17.9. The number of likely N-dealkylation sites (N-methyl/N-ethyl adjacent to an activating group) is 2. The molecule has 0 atom stereocenters. The van der Waals surface area contributed by atoms with E-state index < -0.39 is 35.3 Å². The highest BCUT2D eigenvalue weighted by molar-refractivity contribution is 7.98. The number of anilines is 3. The zero-order valence-electron chi connectivity index (χ0n) is 45.9. The number of thioether (sulfide) groups is 1. The molecule has 0 aliphatic carbocycles. The lowest BCUT2D eigenvalue weighted by molar-refractivity contribution is -0.138. The van der Waals surface area contributed by atoms with Crippen LogP contribution in [0, 0.1) is 13.8 Å². The summed E-state index contributed by atoms with van der Waals surface area (Å²) in [5.41, 5.74) is 0.861. The lowest BCUT2D eigenvalue weighted by Crippen LogP contribution is -2.22. The summed E-state index contributed by atoms with van der Waals surface area (Å²) >= 11 is 1.41. The lowest BCUT2D eigenvalue weighted by atomic mass is 10.1. The van der Waals surface area contributed by atoms with Crippen molar-refractivity contribution in [2.45, 2.75) is 71.1 Å². The number of pyridine rings is 1. The number of aryl methyl sites for hydroxylation is 3. The molecule has 0 aliphatic rings. The Morgan fingerprint density at radius 2 is 1.06 bits per heavy atom. The number of alkyl halides is 6. The average Bonchev–Trinajstić information content (AvgIpc) is 3.39. The minimum Gasteiger partial charge on any atom is -0.493 e. The predicted octanol–water partition coefficient (Wildman–Crippen LogP) is 12.4. The normalized spacial score (nSPS) is 11.2. The maximum atomic E-state index is 13.1. The first-order valence-electron chi connectivity index (χ1n) is 25.2. The van der Waals surface area contributed by atoms with Crippen LogP contribution in [0.3, 0.4) is 0 Å². The third-order valence-corrected chi connectivity index (χ3v) is 12.0. The maximum absolute atomic E-state index is 13.1. The number of nitrogens with zero attached hydrogens (tertiary/aromatic N) is 5. The summed E-state index contributed by atoms with van der Waals surface area (Å²) in [7, 11) is 7.67. The van der Waals surface area contributed by atoms with Gasteiger partial charge >= 0.3 is 12.4 Å². The number of hydrogen-bond acceptors (Lipinski definition) is 13. The van der Waals surface area contributed by atoms with Crippen molar-refractivity contribution in [3.05, 3.63) is 148 Å². The van der Waals surface area contributed by atoms with Crippen LogP contribution in [-0.4, -0.2) is 116 Å². The minimum absolute atomic E-state index is 0.00837. The third kappa shape index (κ3) is 20.1. The molecule has 0 fully saturated rings. The van der Waals surface area contributed by atoms with Crippen molar-refractivity contribution in [2.24, 2.45) is 0 Å². The topological polar surface area (TPSA) is 169 Å². The van der Waals surface area contributed by atoms with Gasteiger partial charge in [-0.15, -0.1) is 11.8 Å². The second-order valence-corrected chi connectivity index (χ2v) is 18.7. The van der Waals surface area contributed by atoms with E-state index in [1.807, 2.05) is 94.5 Å². The fourth-order valence-corrected chi connectivity index (χ4v) is 7.85. The fourth-order valence-electron chi connectivity index (χ4n) is 7.24. The number of carbonyl (C=O) groups is 3.